The minimum Gasteiger partial charge on any atom is -0.0622 e. The van der Waals surface area contributed by atoms with Crippen molar-refractivity contribution < 1.29 is 0 Å². The van der Waals surface area contributed by atoms with E-state index in [0.717, 1.165) is 6.42 Å². The molecule has 0 bridgehead atoms. The second-order valence-electron chi connectivity index (χ2n) is 7.75. The van der Waals surface area contributed by atoms with Gasteiger partial charge < -0.3 is 0 Å². The van der Waals surface area contributed by atoms with Crippen LogP contribution in [0.2, 0.25) is 0 Å². The van der Waals surface area contributed by atoms with Crippen LogP contribution in [0.4, 0.5) is 0 Å². The summed E-state index contributed by atoms with van der Waals surface area (Å²) in [7, 11) is 0. The molecule has 0 heterocycles. The molecule has 0 fully saturated rings. The average molecular weight is 361 g/mol. The fraction of sp³-hybridized carbons (Fsp3) is 0.143. The first-order valence-corrected chi connectivity index (χ1v) is 10.1. The number of benzene rings is 4. The Hall–Kier alpha value is -3.12. The molecule has 0 aliphatic heterocycles. The first-order valence-electron chi connectivity index (χ1n) is 10.1. The number of hydrogen-bond acceptors (Lipinski definition) is 0. The summed E-state index contributed by atoms with van der Waals surface area (Å²) in [5.74, 6) is 1.32. The predicted octanol–water partition coefficient (Wildman–Crippen LogP) is 6.94. The molecule has 5 rings (SSSR count). The molecule has 0 amide bonds. The maximum absolute atomic E-state index is 2.35. The normalized spacial score (nSPS) is 20.6. The molecule has 3 atom stereocenters. The summed E-state index contributed by atoms with van der Waals surface area (Å²) >= 11 is 0. The fourth-order valence-corrected chi connectivity index (χ4v) is 5.00. The van der Waals surface area contributed by atoms with Crippen LogP contribution in [0, 0.1) is 0 Å². The van der Waals surface area contributed by atoms with Crippen molar-refractivity contribution in [3.8, 4) is 0 Å². The Labute approximate surface area is 167 Å². The maximum atomic E-state index is 2.35. The highest BCUT2D eigenvalue weighted by Crippen LogP contribution is 2.55. The van der Waals surface area contributed by atoms with Gasteiger partial charge in [-0.2, -0.15) is 0 Å². The van der Waals surface area contributed by atoms with Crippen LogP contribution in [-0.4, -0.2) is 0 Å². The third kappa shape index (κ3) is 3.05. The summed E-state index contributed by atoms with van der Waals surface area (Å²) in [6.45, 7) is 0. The summed E-state index contributed by atoms with van der Waals surface area (Å²) in [5, 5.41) is 0. The van der Waals surface area contributed by atoms with E-state index in [2.05, 4.69) is 115 Å². The van der Waals surface area contributed by atoms with Crippen molar-refractivity contribution >= 4 is 0 Å². The number of hydrogen-bond donors (Lipinski definition) is 0. The summed E-state index contributed by atoms with van der Waals surface area (Å²) in [6.07, 6.45) is 1.07. The van der Waals surface area contributed by atoms with Gasteiger partial charge in [-0.05, 0) is 40.2 Å². The van der Waals surface area contributed by atoms with E-state index in [0.29, 0.717) is 17.8 Å². The lowest BCUT2D eigenvalue weighted by molar-refractivity contribution is 0.537. The molecule has 1 aliphatic rings. The zero-order chi connectivity index (χ0) is 18.8. The van der Waals surface area contributed by atoms with Gasteiger partial charge in [-0.15, -0.1) is 0 Å². The van der Waals surface area contributed by atoms with E-state index in [1.54, 1.807) is 0 Å². The molecule has 0 saturated carbocycles. The van der Waals surface area contributed by atoms with Crippen molar-refractivity contribution in [2.75, 3.05) is 0 Å². The standard InChI is InChI=1S/C28H24/c1-4-12-21(13-5-1)20-26-24-18-10-11-19-25(24)27(22-14-6-2-7-15-22)28(26)23-16-8-3-9-17-23/h1-19,26-28H,20H2/t26-,27+,28+/m0/s1. The molecular formula is C28H24. The monoisotopic (exact) mass is 360 g/mol. The van der Waals surface area contributed by atoms with Crippen LogP contribution < -0.4 is 0 Å². The lowest BCUT2D eigenvalue weighted by atomic mass is 9.76. The van der Waals surface area contributed by atoms with Crippen LogP contribution in [0.3, 0.4) is 0 Å². The molecular weight excluding hydrogens is 336 g/mol. The van der Waals surface area contributed by atoms with E-state index in [1.807, 2.05) is 0 Å². The van der Waals surface area contributed by atoms with Crippen LogP contribution in [-0.2, 0) is 6.42 Å². The fourth-order valence-electron chi connectivity index (χ4n) is 5.00. The van der Waals surface area contributed by atoms with Crippen molar-refractivity contribution in [3.05, 3.63) is 143 Å². The van der Waals surface area contributed by atoms with Crippen molar-refractivity contribution in [3.63, 3.8) is 0 Å². The molecule has 0 N–H and O–H groups in total. The van der Waals surface area contributed by atoms with Gasteiger partial charge in [0.25, 0.3) is 0 Å². The van der Waals surface area contributed by atoms with Crippen LogP contribution in [0.1, 0.15) is 45.6 Å². The Kier molecular flexibility index (Phi) is 4.54. The van der Waals surface area contributed by atoms with Crippen molar-refractivity contribution in [2.45, 2.75) is 24.2 Å². The van der Waals surface area contributed by atoms with E-state index in [9.17, 15) is 0 Å². The van der Waals surface area contributed by atoms with Gasteiger partial charge >= 0.3 is 0 Å². The smallest absolute Gasteiger partial charge is 0.0167 e. The van der Waals surface area contributed by atoms with E-state index < -0.39 is 0 Å². The highest BCUT2D eigenvalue weighted by Gasteiger charge is 2.41. The largest absolute Gasteiger partial charge is 0.0622 e. The second kappa shape index (κ2) is 7.48. The molecule has 1 aliphatic carbocycles. The van der Waals surface area contributed by atoms with Gasteiger partial charge in [0.2, 0.25) is 0 Å². The summed E-state index contributed by atoms with van der Waals surface area (Å²) < 4.78 is 0. The van der Waals surface area contributed by atoms with Crippen LogP contribution in [0.5, 0.6) is 0 Å². The Morgan fingerprint density at radius 2 is 0.964 bits per heavy atom. The number of fused-ring (bicyclic) bond motifs is 1. The van der Waals surface area contributed by atoms with E-state index >= 15 is 0 Å². The third-order valence-corrected chi connectivity index (χ3v) is 6.16. The predicted molar refractivity (Wildman–Crippen MR) is 117 cm³/mol. The Morgan fingerprint density at radius 1 is 0.464 bits per heavy atom. The molecule has 136 valence electrons. The zero-order valence-corrected chi connectivity index (χ0v) is 15.9. The van der Waals surface area contributed by atoms with Crippen LogP contribution in [0.25, 0.3) is 0 Å². The van der Waals surface area contributed by atoms with Gasteiger partial charge in [-0.3, -0.25) is 0 Å². The average Bonchev–Trinajstić information content (AvgIpc) is 3.10. The molecule has 0 saturated heterocycles. The summed E-state index contributed by atoms with van der Waals surface area (Å²) in [6, 6.07) is 42.2. The quantitative estimate of drug-likeness (QED) is 0.370. The van der Waals surface area contributed by atoms with Gasteiger partial charge in [0, 0.05) is 11.8 Å². The van der Waals surface area contributed by atoms with Crippen molar-refractivity contribution in [2.24, 2.45) is 0 Å². The molecule has 28 heavy (non-hydrogen) atoms. The summed E-state index contributed by atoms with van der Waals surface area (Å²) in [4.78, 5) is 0. The first kappa shape index (κ1) is 17.0. The van der Waals surface area contributed by atoms with Crippen LogP contribution >= 0.6 is 0 Å². The molecule has 0 nitrogen and oxygen atoms in total. The highest BCUT2D eigenvalue weighted by molar-refractivity contribution is 5.51. The molecule has 4 aromatic carbocycles. The lowest BCUT2D eigenvalue weighted by Gasteiger charge is -2.27. The number of rotatable bonds is 4. The van der Waals surface area contributed by atoms with Gasteiger partial charge in [0.05, 0.1) is 0 Å². The van der Waals surface area contributed by atoms with Crippen LogP contribution in [0.15, 0.2) is 115 Å². The molecule has 0 spiro atoms. The first-order chi connectivity index (χ1) is 13.9. The lowest BCUT2D eigenvalue weighted by Crippen LogP contribution is -2.14. The third-order valence-electron chi connectivity index (χ3n) is 6.16. The Balaban J connectivity index is 1.68. The van der Waals surface area contributed by atoms with E-state index in [1.165, 1.54) is 27.8 Å². The summed E-state index contributed by atoms with van der Waals surface area (Å²) in [5.41, 5.74) is 7.27. The molecule has 0 radical (unpaired) electrons. The van der Waals surface area contributed by atoms with Gasteiger partial charge in [-0.1, -0.05) is 115 Å². The van der Waals surface area contributed by atoms with Gasteiger partial charge in [0.15, 0.2) is 0 Å². The minimum absolute atomic E-state index is 0.397. The van der Waals surface area contributed by atoms with Crippen molar-refractivity contribution in [1.82, 2.24) is 0 Å². The maximum Gasteiger partial charge on any atom is 0.0167 e. The second-order valence-corrected chi connectivity index (χ2v) is 7.75. The molecule has 0 heteroatoms. The minimum atomic E-state index is 0.397. The molecule has 0 unspecified atom stereocenters. The Morgan fingerprint density at radius 3 is 1.61 bits per heavy atom. The molecule has 0 aromatic heterocycles. The van der Waals surface area contributed by atoms with E-state index in [-0.39, 0.29) is 0 Å². The van der Waals surface area contributed by atoms with Gasteiger partial charge in [-0.25, -0.2) is 0 Å². The Bertz CT molecular complexity index is 1030. The SMILES string of the molecule is c1ccc(C[C@H]2c3ccccc3[C@@H](c3ccccc3)[C@@H]2c2ccccc2)cc1. The van der Waals surface area contributed by atoms with E-state index in [4.69, 9.17) is 0 Å². The molecule has 4 aromatic rings. The van der Waals surface area contributed by atoms with Crippen molar-refractivity contribution in [1.29, 1.82) is 0 Å². The highest BCUT2D eigenvalue weighted by atomic mass is 14.4. The zero-order valence-electron chi connectivity index (χ0n) is 15.9. The topological polar surface area (TPSA) is 0 Å². The van der Waals surface area contributed by atoms with Gasteiger partial charge in [0.1, 0.15) is 0 Å².